The molecular formula is C18H30ClN3O5S. The molecule has 2 heterocycles. The Labute approximate surface area is 175 Å². The highest BCUT2D eigenvalue weighted by atomic mass is 35.5. The predicted octanol–water partition coefficient (Wildman–Crippen LogP) is 2.74. The van der Waals surface area contributed by atoms with Gasteiger partial charge < -0.3 is 25.4 Å². The molecule has 4 atom stereocenters. The highest BCUT2D eigenvalue weighted by molar-refractivity contribution is 8.00. The molecule has 160 valence electrons. The Bertz CT molecular complexity index is 575. The average Bonchev–Trinajstić information content (AvgIpc) is 3.09. The molecule has 2 fully saturated rings. The van der Waals surface area contributed by atoms with Gasteiger partial charge in [-0.05, 0) is 33.6 Å². The summed E-state index contributed by atoms with van der Waals surface area (Å²) in [6.45, 7) is 5.45. The number of thioether (sulfide) groups is 1. The Hall–Kier alpha value is -1.35. The number of rotatable bonds is 10. The minimum absolute atomic E-state index is 0.0134. The van der Waals surface area contributed by atoms with Gasteiger partial charge in [-0.1, -0.05) is 18.0 Å². The Morgan fingerprint density at radius 2 is 2.11 bits per heavy atom. The molecule has 0 aromatic heterocycles. The summed E-state index contributed by atoms with van der Waals surface area (Å²) in [6.07, 6.45) is 2.85. The lowest BCUT2D eigenvalue weighted by molar-refractivity contribution is -0.121. The minimum atomic E-state index is -0.820. The Kier molecular flexibility index (Phi) is 8.55. The third-order valence-electron chi connectivity index (χ3n) is 4.75. The number of ether oxygens (including phenoxy) is 2. The average molecular weight is 436 g/mol. The highest BCUT2D eigenvalue weighted by Crippen LogP contribution is 2.33. The van der Waals surface area contributed by atoms with Crippen LogP contribution in [0.3, 0.4) is 0 Å². The number of urea groups is 1. The molecule has 28 heavy (non-hydrogen) atoms. The van der Waals surface area contributed by atoms with Gasteiger partial charge in [-0.15, -0.1) is 0 Å². The zero-order chi connectivity index (χ0) is 20.7. The van der Waals surface area contributed by atoms with Crippen molar-refractivity contribution < 1.29 is 23.9 Å². The SMILES string of the molecule is CC(Cl)OC(=O)OC(C)(C)CCNC(=O)CCCCC1SCC2NC(=O)NC21. The first kappa shape index (κ1) is 22.9. The summed E-state index contributed by atoms with van der Waals surface area (Å²) in [7, 11) is 0. The number of halogens is 1. The second kappa shape index (κ2) is 10.4. The monoisotopic (exact) mass is 435 g/mol. The van der Waals surface area contributed by atoms with Gasteiger partial charge in [0.2, 0.25) is 5.91 Å². The second-order valence-corrected chi connectivity index (χ2v) is 9.63. The molecule has 0 bridgehead atoms. The molecule has 2 aliphatic rings. The predicted molar refractivity (Wildman–Crippen MR) is 109 cm³/mol. The molecule has 2 aliphatic heterocycles. The fraction of sp³-hybridized carbons (Fsp3) is 0.833. The summed E-state index contributed by atoms with van der Waals surface area (Å²) in [4.78, 5) is 34.9. The molecule has 0 aromatic rings. The van der Waals surface area contributed by atoms with Crippen LogP contribution in [0.4, 0.5) is 9.59 Å². The van der Waals surface area contributed by atoms with Crippen LogP contribution in [0.25, 0.3) is 0 Å². The number of hydrogen-bond acceptors (Lipinski definition) is 6. The standard InChI is InChI=1S/C18H30ClN3O5S/c1-11(19)26-17(25)27-18(2,3)8-9-20-14(23)7-5-4-6-13-15-12(10-28-13)21-16(24)22-15/h11-13,15H,4-10H2,1-3H3,(H,20,23)(H2,21,22,24). The minimum Gasteiger partial charge on any atom is -0.428 e. The van der Waals surface area contributed by atoms with Crippen molar-refractivity contribution in [1.29, 1.82) is 0 Å². The number of carbonyl (C=O) groups is 3. The molecule has 2 saturated heterocycles. The molecule has 2 rings (SSSR count). The second-order valence-electron chi connectivity index (χ2n) is 7.74. The Balaban J connectivity index is 1.54. The van der Waals surface area contributed by atoms with Crippen LogP contribution in [-0.4, -0.2) is 58.9 Å². The van der Waals surface area contributed by atoms with Crippen LogP contribution in [0.5, 0.6) is 0 Å². The van der Waals surface area contributed by atoms with Crippen LogP contribution in [0.15, 0.2) is 0 Å². The van der Waals surface area contributed by atoms with Crippen LogP contribution in [0.1, 0.15) is 52.9 Å². The van der Waals surface area contributed by atoms with Gasteiger partial charge in [0, 0.05) is 30.4 Å². The topological polar surface area (TPSA) is 106 Å². The lowest BCUT2D eigenvalue weighted by Crippen LogP contribution is -2.36. The zero-order valence-electron chi connectivity index (χ0n) is 16.6. The number of unbranched alkanes of at least 4 members (excludes halogenated alkanes) is 1. The zero-order valence-corrected chi connectivity index (χ0v) is 18.2. The van der Waals surface area contributed by atoms with E-state index in [1.54, 1.807) is 13.8 Å². The van der Waals surface area contributed by atoms with Crippen molar-refractivity contribution in [3.8, 4) is 0 Å². The molecule has 3 amide bonds. The quantitative estimate of drug-likeness (QED) is 0.211. The molecule has 10 heteroatoms. The van der Waals surface area contributed by atoms with Crippen molar-refractivity contribution >= 4 is 41.5 Å². The third-order valence-corrected chi connectivity index (χ3v) is 6.35. The van der Waals surface area contributed by atoms with E-state index in [0.29, 0.717) is 24.6 Å². The van der Waals surface area contributed by atoms with E-state index in [1.165, 1.54) is 6.92 Å². The number of nitrogens with one attached hydrogen (secondary N) is 3. The van der Waals surface area contributed by atoms with Gasteiger partial charge in [0.1, 0.15) is 5.60 Å². The third kappa shape index (κ3) is 7.58. The van der Waals surface area contributed by atoms with E-state index in [1.807, 2.05) is 11.8 Å². The van der Waals surface area contributed by atoms with E-state index < -0.39 is 17.3 Å². The lowest BCUT2D eigenvalue weighted by Gasteiger charge is -2.25. The summed E-state index contributed by atoms with van der Waals surface area (Å²) in [5, 5.41) is 9.18. The molecule has 0 aliphatic carbocycles. The van der Waals surface area contributed by atoms with E-state index in [-0.39, 0.29) is 24.0 Å². The Morgan fingerprint density at radius 3 is 2.82 bits per heavy atom. The van der Waals surface area contributed by atoms with Gasteiger partial charge >= 0.3 is 12.2 Å². The summed E-state index contributed by atoms with van der Waals surface area (Å²) >= 11 is 7.46. The maximum atomic E-state index is 12.0. The van der Waals surface area contributed by atoms with Crippen LogP contribution >= 0.6 is 23.4 Å². The largest absolute Gasteiger partial charge is 0.510 e. The van der Waals surface area contributed by atoms with E-state index in [0.717, 1.165) is 25.0 Å². The van der Waals surface area contributed by atoms with Gasteiger partial charge in [-0.3, -0.25) is 4.79 Å². The highest BCUT2D eigenvalue weighted by Gasteiger charge is 2.42. The molecule has 0 spiro atoms. The summed E-state index contributed by atoms with van der Waals surface area (Å²) in [6, 6.07) is 0.375. The van der Waals surface area contributed by atoms with Crippen LogP contribution in [0, 0.1) is 0 Å². The van der Waals surface area contributed by atoms with E-state index in [4.69, 9.17) is 21.1 Å². The van der Waals surface area contributed by atoms with Crippen LogP contribution in [0.2, 0.25) is 0 Å². The fourth-order valence-electron chi connectivity index (χ4n) is 3.30. The summed E-state index contributed by atoms with van der Waals surface area (Å²) < 4.78 is 9.94. The van der Waals surface area contributed by atoms with Gasteiger partial charge in [0.25, 0.3) is 0 Å². The molecule has 0 radical (unpaired) electrons. The maximum absolute atomic E-state index is 12.0. The van der Waals surface area contributed by atoms with Crippen molar-refractivity contribution in [2.45, 2.75) is 81.4 Å². The van der Waals surface area contributed by atoms with Crippen molar-refractivity contribution in [2.75, 3.05) is 12.3 Å². The van der Waals surface area contributed by atoms with E-state index >= 15 is 0 Å². The van der Waals surface area contributed by atoms with Crippen molar-refractivity contribution in [2.24, 2.45) is 0 Å². The normalized spacial score (nSPS) is 24.7. The van der Waals surface area contributed by atoms with Crippen LogP contribution in [-0.2, 0) is 14.3 Å². The van der Waals surface area contributed by atoms with E-state index in [2.05, 4.69) is 16.0 Å². The fourth-order valence-corrected chi connectivity index (χ4v) is 4.92. The maximum Gasteiger partial charge on any atom is 0.510 e. The Morgan fingerprint density at radius 1 is 1.36 bits per heavy atom. The molecule has 4 unspecified atom stereocenters. The molecular weight excluding hydrogens is 406 g/mol. The number of carbonyl (C=O) groups excluding carboxylic acids is 3. The van der Waals surface area contributed by atoms with Gasteiger partial charge in [0.15, 0.2) is 5.56 Å². The molecule has 0 saturated carbocycles. The van der Waals surface area contributed by atoms with Gasteiger partial charge in [-0.25, -0.2) is 9.59 Å². The summed E-state index contributed by atoms with van der Waals surface area (Å²) in [5.74, 6) is 0.935. The molecule has 3 N–H and O–H groups in total. The van der Waals surface area contributed by atoms with Crippen molar-refractivity contribution in [1.82, 2.24) is 16.0 Å². The number of hydrogen-bond donors (Lipinski definition) is 3. The first-order chi connectivity index (χ1) is 13.2. The molecule has 8 nitrogen and oxygen atoms in total. The summed E-state index contributed by atoms with van der Waals surface area (Å²) in [5.41, 5.74) is -1.51. The van der Waals surface area contributed by atoms with Crippen molar-refractivity contribution in [3.05, 3.63) is 0 Å². The smallest absolute Gasteiger partial charge is 0.428 e. The molecule has 0 aromatic carbocycles. The lowest BCUT2D eigenvalue weighted by atomic mass is 10.0. The van der Waals surface area contributed by atoms with Gasteiger partial charge in [-0.2, -0.15) is 11.8 Å². The number of amides is 3. The van der Waals surface area contributed by atoms with Crippen molar-refractivity contribution in [3.63, 3.8) is 0 Å². The number of fused-ring (bicyclic) bond motifs is 1. The number of alkyl halides is 1. The van der Waals surface area contributed by atoms with E-state index in [9.17, 15) is 14.4 Å². The first-order valence-corrected chi connectivity index (χ1v) is 11.1. The first-order valence-electron chi connectivity index (χ1n) is 9.65. The van der Waals surface area contributed by atoms with Gasteiger partial charge in [0.05, 0.1) is 12.1 Å². The van der Waals surface area contributed by atoms with Crippen LogP contribution < -0.4 is 16.0 Å².